The Labute approximate surface area is 200 Å². The van der Waals surface area contributed by atoms with Crippen molar-refractivity contribution in [1.82, 2.24) is 10.2 Å². The molecule has 3 rings (SSSR count). The number of ether oxygens (including phenoxy) is 4. The van der Waals surface area contributed by atoms with Crippen LogP contribution >= 0.6 is 0 Å². The van der Waals surface area contributed by atoms with Gasteiger partial charge in [-0.05, 0) is 48.2 Å². The highest BCUT2D eigenvalue weighted by atomic mass is 16.5. The van der Waals surface area contributed by atoms with Gasteiger partial charge in [0.25, 0.3) is 0 Å². The van der Waals surface area contributed by atoms with E-state index < -0.39 is 12.0 Å². The summed E-state index contributed by atoms with van der Waals surface area (Å²) in [4.78, 5) is 27.4. The van der Waals surface area contributed by atoms with Gasteiger partial charge in [-0.25, -0.2) is 9.59 Å². The van der Waals surface area contributed by atoms with Crippen molar-refractivity contribution in [1.29, 1.82) is 0 Å². The van der Waals surface area contributed by atoms with Crippen LogP contribution < -0.4 is 19.5 Å². The van der Waals surface area contributed by atoms with Crippen LogP contribution in [0.15, 0.2) is 53.7 Å². The van der Waals surface area contributed by atoms with Gasteiger partial charge in [0, 0.05) is 13.1 Å². The number of rotatable bonds is 9. The summed E-state index contributed by atoms with van der Waals surface area (Å²) in [6.45, 7) is 6.18. The fourth-order valence-corrected chi connectivity index (χ4v) is 3.73. The van der Waals surface area contributed by atoms with E-state index >= 15 is 0 Å². The summed E-state index contributed by atoms with van der Waals surface area (Å²) < 4.78 is 22.1. The molecule has 0 aliphatic carbocycles. The topological polar surface area (TPSA) is 86.3 Å². The molecule has 1 atom stereocenters. The number of benzene rings is 2. The predicted octanol–water partition coefficient (Wildman–Crippen LogP) is 4.42. The van der Waals surface area contributed by atoms with E-state index in [0.29, 0.717) is 34.4 Å². The Bertz CT molecular complexity index is 1040. The Balaban J connectivity index is 2.04. The number of hydrogen-bond donors (Lipinski definition) is 1. The van der Waals surface area contributed by atoms with Crippen LogP contribution in [0.25, 0.3) is 0 Å². The molecule has 0 spiro atoms. The summed E-state index contributed by atoms with van der Waals surface area (Å²) in [5.74, 6) is 1.58. The summed E-state index contributed by atoms with van der Waals surface area (Å²) in [5, 5.41) is 2.88. The van der Waals surface area contributed by atoms with Crippen molar-refractivity contribution >= 4 is 12.0 Å². The second-order valence-electron chi connectivity index (χ2n) is 8.18. The second-order valence-corrected chi connectivity index (χ2v) is 8.18. The lowest BCUT2D eigenvalue weighted by atomic mass is 9.94. The smallest absolute Gasteiger partial charge is 0.338 e. The molecule has 0 radical (unpaired) electrons. The molecule has 0 bridgehead atoms. The summed E-state index contributed by atoms with van der Waals surface area (Å²) in [7, 11) is 4.67. The van der Waals surface area contributed by atoms with E-state index in [4.69, 9.17) is 18.9 Å². The zero-order valence-electron chi connectivity index (χ0n) is 20.5. The molecule has 1 N–H and O–H groups in total. The number of likely N-dealkylation sites (N-methyl/N-ethyl adjacent to an activating group) is 1. The van der Waals surface area contributed by atoms with E-state index in [2.05, 4.69) is 19.2 Å². The van der Waals surface area contributed by atoms with Crippen molar-refractivity contribution in [3.63, 3.8) is 0 Å². The molecule has 8 heteroatoms. The SMILES string of the molecule is CCOC(=O)C1=C(COc2ccc(C(C)C)cc2)N(C)C(=O)N[C@H]1c1cc(OC)cc(OC)c1. The molecule has 2 aromatic carbocycles. The number of nitrogens with zero attached hydrogens (tertiary/aromatic N) is 1. The number of hydrogen-bond acceptors (Lipinski definition) is 6. The third kappa shape index (κ3) is 5.44. The molecule has 1 aliphatic heterocycles. The lowest BCUT2D eigenvalue weighted by molar-refractivity contribution is -0.139. The van der Waals surface area contributed by atoms with E-state index in [9.17, 15) is 9.59 Å². The second kappa shape index (κ2) is 11.0. The van der Waals surface area contributed by atoms with Crippen molar-refractivity contribution in [3.05, 3.63) is 64.9 Å². The molecule has 182 valence electrons. The van der Waals surface area contributed by atoms with Crippen molar-refractivity contribution in [2.24, 2.45) is 0 Å². The van der Waals surface area contributed by atoms with Gasteiger partial charge in [0.1, 0.15) is 23.9 Å². The maximum absolute atomic E-state index is 13.1. The normalized spacial score (nSPS) is 15.8. The first kappa shape index (κ1) is 25.0. The molecule has 0 saturated heterocycles. The summed E-state index contributed by atoms with van der Waals surface area (Å²) in [6, 6.07) is 11.9. The Morgan fingerprint density at radius 3 is 2.18 bits per heavy atom. The maximum atomic E-state index is 13.1. The van der Waals surface area contributed by atoms with Gasteiger partial charge in [0.2, 0.25) is 0 Å². The van der Waals surface area contributed by atoms with Gasteiger partial charge in [-0.3, -0.25) is 4.90 Å². The number of carbonyl (C=O) groups is 2. The van der Waals surface area contributed by atoms with Crippen LogP contribution in [0.2, 0.25) is 0 Å². The highest BCUT2D eigenvalue weighted by Gasteiger charge is 2.37. The Hall–Kier alpha value is -3.68. The molecule has 8 nitrogen and oxygen atoms in total. The van der Waals surface area contributed by atoms with E-state index in [1.807, 2.05) is 24.3 Å². The standard InChI is InChI=1S/C26H32N2O6/c1-7-33-25(29)23-22(15-34-19-10-8-17(9-11-19)16(2)3)28(4)26(30)27-24(23)18-12-20(31-5)14-21(13-18)32-6/h8-14,16,24H,7,15H2,1-6H3,(H,27,30)/t24-/m0/s1. The highest BCUT2D eigenvalue weighted by Crippen LogP contribution is 2.35. The van der Waals surface area contributed by atoms with Gasteiger partial charge in [-0.2, -0.15) is 0 Å². The van der Waals surface area contributed by atoms with E-state index in [1.165, 1.54) is 24.7 Å². The van der Waals surface area contributed by atoms with Gasteiger partial charge in [-0.15, -0.1) is 0 Å². The van der Waals surface area contributed by atoms with Gasteiger partial charge in [-0.1, -0.05) is 26.0 Å². The molecule has 1 aliphatic rings. The van der Waals surface area contributed by atoms with Crippen molar-refractivity contribution in [3.8, 4) is 17.2 Å². The Morgan fingerprint density at radius 2 is 1.65 bits per heavy atom. The van der Waals surface area contributed by atoms with Gasteiger partial charge >= 0.3 is 12.0 Å². The van der Waals surface area contributed by atoms with Crippen molar-refractivity contribution in [2.45, 2.75) is 32.7 Å². The quantitative estimate of drug-likeness (QED) is 0.549. The molecular formula is C26H32N2O6. The zero-order valence-corrected chi connectivity index (χ0v) is 20.5. The molecule has 34 heavy (non-hydrogen) atoms. The monoisotopic (exact) mass is 468 g/mol. The summed E-state index contributed by atoms with van der Waals surface area (Å²) in [5.41, 5.74) is 2.53. The lowest BCUT2D eigenvalue weighted by Crippen LogP contribution is -2.48. The number of esters is 1. The van der Waals surface area contributed by atoms with Crippen LogP contribution in [0.1, 0.15) is 43.9 Å². The van der Waals surface area contributed by atoms with Crippen LogP contribution in [0.3, 0.4) is 0 Å². The molecule has 0 unspecified atom stereocenters. The fraction of sp³-hybridized carbons (Fsp3) is 0.385. The number of amides is 2. The molecule has 2 amide bonds. The minimum absolute atomic E-state index is 0.0106. The van der Waals surface area contributed by atoms with Crippen molar-refractivity contribution in [2.75, 3.05) is 34.5 Å². The van der Waals surface area contributed by atoms with E-state index in [0.717, 1.165) is 0 Å². The van der Waals surface area contributed by atoms with Gasteiger partial charge < -0.3 is 24.3 Å². The van der Waals surface area contributed by atoms with E-state index in [-0.39, 0.29) is 24.8 Å². The number of urea groups is 1. The van der Waals surface area contributed by atoms with Crippen LogP contribution in [0, 0.1) is 0 Å². The Kier molecular flexibility index (Phi) is 8.04. The largest absolute Gasteiger partial charge is 0.497 e. The van der Waals surface area contributed by atoms with Crippen LogP contribution in [0.5, 0.6) is 17.2 Å². The highest BCUT2D eigenvalue weighted by molar-refractivity contribution is 5.95. The van der Waals surface area contributed by atoms with Gasteiger partial charge in [0.15, 0.2) is 0 Å². The number of carbonyl (C=O) groups excluding carboxylic acids is 2. The number of methoxy groups -OCH3 is 2. The minimum Gasteiger partial charge on any atom is -0.497 e. The fourth-order valence-electron chi connectivity index (χ4n) is 3.73. The molecule has 2 aromatic rings. The first-order chi connectivity index (χ1) is 16.3. The molecular weight excluding hydrogens is 436 g/mol. The average molecular weight is 469 g/mol. The first-order valence-electron chi connectivity index (χ1n) is 11.2. The molecule has 0 aromatic heterocycles. The van der Waals surface area contributed by atoms with E-state index in [1.54, 1.807) is 32.2 Å². The lowest BCUT2D eigenvalue weighted by Gasteiger charge is -2.34. The van der Waals surface area contributed by atoms with Gasteiger partial charge in [0.05, 0.1) is 38.1 Å². The molecule has 1 heterocycles. The minimum atomic E-state index is -0.770. The molecule has 0 saturated carbocycles. The first-order valence-corrected chi connectivity index (χ1v) is 11.2. The summed E-state index contributed by atoms with van der Waals surface area (Å²) >= 11 is 0. The van der Waals surface area contributed by atoms with Crippen LogP contribution in [-0.2, 0) is 9.53 Å². The maximum Gasteiger partial charge on any atom is 0.338 e. The predicted molar refractivity (Wildman–Crippen MR) is 128 cm³/mol. The summed E-state index contributed by atoms with van der Waals surface area (Å²) in [6.07, 6.45) is 0. The van der Waals surface area contributed by atoms with Crippen molar-refractivity contribution < 1.29 is 28.5 Å². The van der Waals surface area contributed by atoms with Crippen LogP contribution in [-0.4, -0.2) is 51.4 Å². The molecule has 0 fully saturated rings. The third-order valence-corrected chi connectivity index (χ3v) is 5.70. The third-order valence-electron chi connectivity index (χ3n) is 5.70. The average Bonchev–Trinajstić information content (AvgIpc) is 2.84. The number of nitrogens with one attached hydrogen (secondary N) is 1. The zero-order chi connectivity index (χ0) is 24.8. The van der Waals surface area contributed by atoms with Crippen LogP contribution in [0.4, 0.5) is 4.79 Å². The Morgan fingerprint density at radius 1 is 1.03 bits per heavy atom.